The molecule has 0 aliphatic heterocycles. The number of nitrogens with zero attached hydrogens (tertiary/aromatic N) is 2. The summed E-state index contributed by atoms with van der Waals surface area (Å²) in [6.45, 7) is 0. The first kappa shape index (κ1) is 16.1. The van der Waals surface area contributed by atoms with E-state index in [2.05, 4.69) is 34.2 Å². The van der Waals surface area contributed by atoms with E-state index in [0.717, 1.165) is 33.3 Å². The van der Waals surface area contributed by atoms with Gasteiger partial charge >= 0.3 is 0 Å². The van der Waals surface area contributed by atoms with Crippen LogP contribution in [-0.4, -0.2) is 24.2 Å². The summed E-state index contributed by atoms with van der Waals surface area (Å²) in [5.74, 6) is 1.42. The van der Waals surface area contributed by atoms with E-state index in [0.29, 0.717) is 11.5 Å². The van der Waals surface area contributed by atoms with Gasteiger partial charge in [0, 0.05) is 10.9 Å². The van der Waals surface area contributed by atoms with Crippen LogP contribution < -0.4 is 9.47 Å². The van der Waals surface area contributed by atoms with Gasteiger partial charge in [0.15, 0.2) is 11.5 Å². The average Bonchev–Trinajstić information content (AvgIpc) is 2.73. The molecule has 1 heterocycles. The number of fused-ring (bicyclic) bond motifs is 1. The summed E-state index contributed by atoms with van der Waals surface area (Å²) in [7, 11) is 3.28. The maximum atomic E-state index is 5.43. The van der Waals surface area contributed by atoms with E-state index >= 15 is 0 Å². The van der Waals surface area contributed by atoms with Gasteiger partial charge in [-0.05, 0) is 35.4 Å². The molecule has 0 aliphatic rings. The minimum atomic E-state index is 0.706. The van der Waals surface area contributed by atoms with Gasteiger partial charge in [0.25, 0.3) is 0 Å². The molecule has 0 spiro atoms. The van der Waals surface area contributed by atoms with Crippen LogP contribution in [0.15, 0.2) is 73.1 Å². The lowest BCUT2D eigenvalue weighted by Crippen LogP contribution is -1.92. The number of methoxy groups -OCH3 is 2. The third kappa shape index (κ3) is 2.86. The molecule has 4 heteroatoms. The lowest BCUT2D eigenvalue weighted by Gasteiger charge is -2.11. The highest BCUT2D eigenvalue weighted by Crippen LogP contribution is 2.34. The first-order chi connectivity index (χ1) is 12.8. The lowest BCUT2D eigenvalue weighted by atomic mass is 10.00. The average molecular weight is 342 g/mol. The molecule has 0 saturated heterocycles. The molecule has 0 aliphatic carbocycles. The van der Waals surface area contributed by atoms with Gasteiger partial charge in [-0.2, -0.15) is 0 Å². The second kappa shape index (κ2) is 6.84. The highest BCUT2D eigenvalue weighted by molar-refractivity contribution is 5.95. The van der Waals surface area contributed by atoms with E-state index in [1.807, 2.05) is 42.5 Å². The minimum absolute atomic E-state index is 0.706. The fraction of sp³-hybridized carbons (Fsp3) is 0.0909. The first-order valence-electron chi connectivity index (χ1n) is 8.33. The number of aromatic nitrogens is 2. The topological polar surface area (TPSA) is 44.2 Å². The summed E-state index contributed by atoms with van der Waals surface area (Å²) in [6.07, 6.45) is 1.61. The van der Waals surface area contributed by atoms with Crippen LogP contribution in [0.5, 0.6) is 11.5 Å². The molecule has 0 saturated carbocycles. The van der Waals surface area contributed by atoms with E-state index in [1.54, 1.807) is 20.5 Å². The van der Waals surface area contributed by atoms with E-state index in [1.165, 1.54) is 0 Å². The molecular weight excluding hydrogens is 324 g/mol. The molecule has 0 N–H and O–H groups in total. The quantitative estimate of drug-likeness (QED) is 0.524. The zero-order chi connectivity index (χ0) is 17.9. The van der Waals surface area contributed by atoms with Gasteiger partial charge in [-0.25, -0.2) is 9.97 Å². The van der Waals surface area contributed by atoms with Crippen molar-refractivity contribution in [3.05, 3.63) is 73.1 Å². The summed E-state index contributed by atoms with van der Waals surface area (Å²) in [4.78, 5) is 8.92. The van der Waals surface area contributed by atoms with Crippen LogP contribution in [-0.2, 0) is 0 Å². The summed E-state index contributed by atoms with van der Waals surface area (Å²) in [5.41, 5.74) is 5.04. The van der Waals surface area contributed by atoms with E-state index in [4.69, 9.17) is 9.47 Å². The van der Waals surface area contributed by atoms with Crippen molar-refractivity contribution in [2.75, 3.05) is 14.2 Å². The third-order valence-corrected chi connectivity index (χ3v) is 4.40. The number of hydrogen-bond donors (Lipinski definition) is 0. The van der Waals surface area contributed by atoms with E-state index in [9.17, 15) is 0 Å². The Morgan fingerprint density at radius 3 is 2.15 bits per heavy atom. The van der Waals surface area contributed by atoms with Gasteiger partial charge in [-0.15, -0.1) is 0 Å². The monoisotopic (exact) mass is 342 g/mol. The Hall–Kier alpha value is -3.40. The van der Waals surface area contributed by atoms with Gasteiger partial charge in [-0.3, -0.25) is 0 Å². The molecule has 0 atom stereocenters. The first-order valence-corrected chi connectivity index (χ1v) is 8.33. The van der Waals surface area contributed by atoms with Crippen molar-refractivity contribution in [2.45, 2.75) is 0 Å². The van der Waals surface area contributed by atoms with Crippen molar-refractivity contribution in [2.24, 2.45) is 0 Å². The minimum Gasteiger partial charge on any atom is -0.493 e. The van der Waals surface area contributed by atoms with Crippen LogP contribution in [0.4, 0.5) is 0 Å². The molecule has 4 nitrogen and oxygen atoms in total. The van der Waals surface area contributed by atoms with Gasteiger partial charge in [-0.1, -0.05) is 42.5 Å². The Bertz CT molecular complexity index is 1060. The van der Waals surface area contributed by atoms with Crippen molar-refractivity contribution in [3.63, 3.8) is 0 Å². The summed E-state index contributed by atoms with van der Waals surface area (Å²) in [5, 5.41) is 1.02. The normalized spacial score (nSPS) is 10.7. The van der Waals surface area contributed by atoms with Crippen molar-refractivity contribution in [1.82, 2.24) is 9.97 Å². The standard InChI is InChI=1S/C22H18N2O2/c1-25-20-11-9-17(13-21(20)26-2)16-8-10-19-18(12-16)22(24-14-23-19)15-6-4-3-5-7-15/h3-14H,1-2H3. The van der Waals surface area contributed by atoms with Crippen molar-refractivity contribution >= 4 is 10.9 Å². The van der Waals surface area contributed by atoms with E-state index in [-0.39, 0.29) is 0 Å². The Kier molecular flexibility index (Phi) is 4.23. The molecule has 128 valence electrons. The van der Waals surface area contributed by atoms with Crippen LogP contribution >= 0.6 is 0 Å². The Labute approximate surface area is 152 Å². The largest absolute Gasteiger partial charge is 0.493 e. The van der Waals surface area contributed by atoms with Crippen LogP contribution in [0.2, 0.25) is 0 Å². The Morgan fingerprint density at radius 1 is 0.654 bits per heavy atom. The molecular formula is C22H18N2O2. The Morgan fingerprint density at radius 2 is 1.38 bits per heavy atom. The van der Waals surface area contributed by atoms with Crippen LogP contribution in [0.1, 0.15) is 0 Å². The zero-order valence-corrected chi connectivity index (χ0v) is 14.6. The summed E-state index contributed by atoms with van der Waals surface area (Å²) < 4.78 is 10.8. The molecule has 4 aromatic rings. The second-order valence-electron chi connectivity index (χ2n) is 5.89. The maximum absolute atomic E-state index is 5.43. The molecule has 4 rings (SSSR count). The zero-order valence-electron chi connectivity index (χ0n) is 14.6. The number of ether oxygens (including phenoxy) is 2. The molecule has 1 aromatic heterocycles. The molecule has 0 radical (unpaired) electrons. The van der Waals surface area contributed by atoms with Crippen molar-refractivity contribution in [3.8, 4) is 33.9 Å². The number of benzene rings is 3. The molecule has 0 fully saturated rings. The smallest absolute Gasteiger partial charge is 0.161 e. The van der Waals surface area contributed by atoms with Crippen molar-refractivity contribution < 1.29 is 9.47 Å². The predicted octanol–water partition coefficient (Wildman–Crippen LogP) is 4.98. The maximum Gasteiger partial charge on any atom is 0.161 e. The summed E-state index contributed by atoms with van der Waals surface area (Å²) >= 11 is 0. The summed E-state index contributed by atoms with van der Waals surface area (Å²) in [6, 6.07) is 22.3. The lowest BCUT2D eigenvalue weighted by molar-refractivity contribution is 0.355. The molecule has 0 bridgehead atoms. The van der Waals surface area contributed by atoms with Crippen LogP contribution in [0.3, 0.4) is 0 Å². The highest BCUT2D eigenvalue weighted by Gasteiger charge is 2.10. The van der Waals surface area contributed by atoms with E-state index < -0.39 is 0 Å². The van der Waals surface area contributed by atoms with Crippen LogP contribution in [0.25, 0.3) is 33.3 Å². The highest BCUT2D eigenvalue weighted by atomic mass is 16.5. The fourth-order valence-corrected chi connectivity index (χ4v) is 3.08. The predicted molar refractivity (Wildman–Crippen MR) is 104 cm³/mol. The van der Waals surface area contributed by atoms with Gasteiger partial charge in [0.1, 0.15) is 6.33 Å². The second-order valence-corrected chi connectivity index (χ2v) is 5.89. The molecule has 26 heavy (non-hydrogen) atoms. The molecule has 0 amide bonds. The van der Waals surface area contributed by atoms with Gasteiger partial charge in [0.2, 0.25) is 0 Å². The molecule has 3 aromatic carbocycles. The number of hydrogen-bond acceptors (Lipinski definition) is 4. The number of rotatable bonds is 4. The van der Waals surface area contributed by atoms with Crippen LogP contribution in [0, 0.1) is 0 Å². The fourth-order valence-electron chi connectivity index (χ4n) is 3.08. The SMILES string of the molecule is COc1ccc(-c2ccc3ncnc(-c4ccccc4)c3c2)cc1OC. The third-order valence-electron chi connectivity index (χ3n) is 4.40. The Balaban J connectivity index is 1.88. The van der Waals surface area contributed by atoms with Gasteiger partial charge < -0.3 is 9.47 Å². The van der Waals surface area contributed by atoms with Crippen molar-refractivity contribution in [1.29, 1.82) is 0 Å². The van der Waals surface area contributed by atoms with Gasteiger partial charge in [0.05, 0.1) is 25.4 Å². The molecule has 0 unspecified atom stereocenters.